The van der Waals surface area contributed by atoms with E-state index in [2.05, 4.69) is 139 Å². The van der Waals surface area contributed by atoms with Crippen molar-refractivity contribution in [3.8, 4) is 44.5 Å². The minimum absolute atomic E-state index is 0.173. The van der Waals surface area contributed by atoms with Crippen LogP contribution in [0.15, 0.2) is 182 Å². The van der Waals surface area contributed by atoms with E-state index >= 15 is 0 Å². The molecule has 0 aromatic heterocycles. The summed E-state index contributed by atoms with van der Waals surface area (Å²) in [6, 6.07) is 62.7. The van der Waals surface area contributed by atoms with Crippen LogP contribution in [0.1, 0.15) is 251 Å². The van der Waals surface area contributed by atoms with Gasteiger partial charge >= 0.3 is 0 Å². The van der Waals surface area contributed by atoms with Crippen molar-refractivity contribution >= 4 is 0 Å². The molecule has 4 aliphatic rings. The topological polar surface area (TPSA) is 0 Å². The molecular weight excluding hydrogens is 1140 g/mol. The number of hydrogen-bond acceptors (Lipinski definition) is 0. The van der Waals surface area contributed by atoms with Gasteiger partial charge in [-0.1, -0.05) is 297 Å². The summed E-state index contributed by atoms with van der Waals surface area (Å²) < 4.78 is 29.2. The van der Waals surface area contributed by atoms with Gasteiger partial charge in [0.1, 0.15) is 11.6 Å². The van der Waals surface area contributed by atoms with E-state index in [1.165, 1.54) is 200 Å². The van der Waals surface area contributed by atoms with Gasteiger partial charge in [0, 0.05) is 11.1 Å². The normalized spacial score (nSPS) is 21.1. The van der Waals surface area contributed by atoms with Gasteiger partial charge < -0.3 is 0 Å². The molecular formula is C92H118F2. The predicted octanol–water partition coefficient (Wildman–Crippen LogP) is 28.2. The summed E-state index contributed by atoms with van der Waals surface area (Å²) >= 11 is 0. The van der Waals surface area contributed by atoms with Crippen LogP contribution in [0.2, 0.25) is 0 Å². The third-order valence-electron chi connectivity index (χ3n) is 22.5. The number of aryl methyl sites for hydroxylation is 6. The summed E-state index contributed by atoms with van der Waals surface area (Å²) in [5, 5.41) is 0. The van der Waals surface area contributed by atoms with Crippen LogP contribution in [-0.4, -0.2) is 0 Å². The highest BCUT2D eigenvalue weighted by Crippen LogP contribution is 2.46. The van der Waals surface area contributed by atoms with Gasteiger partial charge in [0.05, 0.1) is 0 Å². The molecule has 0 N–H and O–H groups in total. The SMILES string of the molecule is CCCC1CCC(C2CCC(c3ccc(C)cc3)CC2)CC1.CCCC1CCC(C2CCC(c3ccc(C)cc3)CC2)CC1.CCCCCc1ccc(-c2ccc(-c3ccc(C)cc3)c(F)c2)cc1.CCCCCc1ccc(-c2ccc(-c3ccc(C)cc3)c(F)c2)cc1. The number of hydrogen-bond donors (Lipinski definition) is 0. The van der Waals surface area contributed by atoms with Gasteiger partial charge in [-0.3, -0.25) is 0 Å². The largest absolute Gasteiger partial charge is 0.206 e. The van der Waals surface area contributed by atoms with Crippen molar-refractivity contribution in [1.29, 1.82) is 0 Å². The summed E-state index contributed by atoms with van der Waals surface area (Å²) in [4.78, 5) is 0. The van der Waals surface area contributed by atoms with Gasteiger partial charge in [-0.25, -0.2) is 8.78 Å². The minimum atomic E-state index is -0.173. The highest BCUT2D eigenvalue weighted by atomic mass is 19.1. The molecule has 0 spiro atoms. The molecule has 0 aliphatic heterocycles. The quantitative estimate of drug-likeness (QED) is 0.0667. The van der Waals surface area contributed by atoms with Crippen molar-refractivity contribution in [2.45, 2.75) is 247 Å². The Morgan fingerprint density at radius 1 is 0.277 bits per heavy atom. The monoisotopic (exact) mass is 1260 g/mol. The molecule has 0 heterocycles. The predicted molar refractivity (Wildman–Crippen MR) is 403 cm³/mol. The van der Waals surface area contributed by atoms with E-state index in [0.29, 0.717) is 11.1 Å². The third-order valence-corrected chi connectivity index (χ3v) is 22.5. The van der Waals surface area contributed by atoms with Gasteiger partial charge in [0.2, 0.25) is 0 Å². The van der Waals surface area contributed by atoms with E-state index in [-0.39, 0.29) is 11.6 Å². The molecule has 2 heteroatoms. The molecule has 0 amide bonds. The van der Waals surface area contributed by atoms with Crippen molar-refractivity contribution in [3.63, 3.8) is 0 Å². The Hall–Kier alpha value is -6.38. The van der Waals surface area contributed by atoms with Crippen molar-refractivity contribution in [1.82, 2.24) is 0 Å². The summed E-state index contributed by atoms with van der Waals surface area (Å²) in [5.74, 6) is 7.67. The molecule has 4 fully saturated rings. The van der Waals surface area contributed by atoms with E-state index in [9.17, 15) is 8.78 Å². The second kappa shape index (κ2) is 37.8. The smallest absolute Gasteiger partial charge is 0.131 e. The highest BCUT2D eigenvalue weighted by Gasteiger charge is 2.33. The van der Waals surface area contributed by atoms with Crippen molar-refractivity contribution in [3.05, 3.63) is 238 Å². The van der Waals surface area contributed by atoms with E-state index in [0.717, 1.165) is 93.6 Å². The first kappa shape index (κ1) is 71.9. The van der Waals surface area contributed by atoms with Crippen LogP contribution in [0.4, 0.5) is 8.78 Å². The Kier molecular flexibility index (Phi) is 28.9. The van der Waals surface area contributed by atoms with Crippen LogP contribution in [0.3, 0.4) is 0 Å². The van der Waals surface area contributed by atoms with Crippen LogP contribution in [0, 0.1) is 74.8 Å². The first-order valence-electron chi connectivity index (χ1n) is 37.9. The van der Waals surface area contributed by atoms with Crippen molar-refractivity contribution in [2.75, 3.05) is 0 Å². The minimum Gasteiger partial charge on any atom is -0.206 e. The summed E-state index contributed by atoms with van der Waals surface area (Å²) in [6.45, 7) is 17.6. The van der Waals surface area contributed by atoms with E-state index < -0.39 is 0 Å². The molecule has 8 aromatic carbocycles. The fourth-order valence-corrected chi connectivity index (χ4v) is 16.4. The maximum Gasteiger partial charge on any atom is 0.131 e. The maximum atomic E-state index is 14.6. The molecule has 0 radical (unpaired) electrons. The Balaban J connectivity index is 0.000000148. The van der Waals surface area contributed by atoms with Gasteiger partial charge in [-0.15, -0.1) is 0 Å². The summed E-state index contributed by atoms with van der Waals surface area (Å²) in [5.41, 5.74) is 18.2. The standard InChI is InChI=1S/2C24H25F.2C22H34/c2*1-3-4-5-6-19-9-13-20(14-10-19)22-15-16-23(24(25)17-22)21-11-7-18(2)8-12-21;2*1-3-4-18-7-11-20(12-8-18)22-15-13-21(14-16-22)19-9-5-17(2)6-10-19/h2*7-17H,3-6H2,1-2H3;2*5-6,9-10,18,20-22H,3-4,7-8,11-16H2,1-2H3. The fourth-order valence-electron chi connectivity index (χ4n) is 16.4. The molecule has 12 rings (SSSR count). The van der Waals surface area contributed by atoms with Crippen LogP contribution in [-0.2, 0) is 12.8 Å². The first-order valence-corrected chi connectivity index (χ1v) is 37.9. The number of unbranched alkanes of at least 4 members (excludes halogenated alkanes) is 4. The Morgan fingerprint density at radius 2 is 0.553 bits per heavy atom. The fraction of sp³-hybridized carbons (Fsp3) is 0.478. The number of rotatable bonds is 20. The maximum absolute atomic E-state index is 14.6. The van der Waals surface area contributed by atoms with Crippen molar-refractivity contribution < 1.29 is 8.78 Å². The van der Waals surface area contributed by atoms with E-state index in [1.807, 2.05) is 86.6 Å². The lowest BCUT2D eigenvalue weighted by atomic mass is 9.68. The van der Waals surface area contributed by atoms with E-state index in [1.54, 1.807) is 23.3 Å². The number of halogens is 2. The lowest BCUT2D eigenvalue weighted by Crippen LogP contribution is -2.25. The Morgan fingerprint density at radius 3 is 0.840 bits per heavy atom. The second-order valence-electron chi connectivity index (χ2n) is 29.6. The highest BCUT2D eigenvalue weighted by molar-refractivity contribution is 5.73. The first-order chi connectivity index (χ1) is 45.9. The van der Waals surface area contributed by atoms with Gasteiger partial charge in [0.15, 0.2) is 0 Å². The molecule has 94 heavy (non-hydrogen) atoms. The molecule has 0 unspecified atom stereocenters. The van der Waals surface area contributed by atoms with E-state index in [4.69, 9.17) is 0 Å². The van der Waals surface area contributed by atoms with Gasteiger partial charge in [0.25, 0.3) is 0 Å². The summed E-state index contributed by atoms with van der Waals surface area (Å²) in [6.07, 6.45) is 39.4. The van der Waals surface area contributed by atoms with Crippen LogP contribution in [0.25, 0.3) is 44.5 Å². The van der Waals surface area contributed by atoms with Crippen LogP contribution < -0.4 is 0 Å². The van der Waals surface area contributed by atoms with Crippen molar-refractivity contribution in [2.24, 2.45) is 35.5 Å². The Labute approximate surface area is 570 Å². The zero-order valence-electron chi connectivity index (χ0n) is 59.5. The molecule has 0 nitrogen and oxygen atoms in total. The lowest BCUT2D eigenvalue weighted by Gasteiger charge is -2.38. The van der Waals surface area contributed by atoms with Crippen LogP contribution in [0.5, 0.6) is 0 Å². The van der Waals surface area contributed by atoms with Crippen LogP contribution >= 0.6 is 0 Å². The van der Waals surface area contributed by atoms with Gasteiger partial charge in [-0.05, 0) is 246 Å². The third kappa shape index (κ3) is 21.8. The number of benzene rings is 8. The molecule has 4 aliphatic carbocycles. The molecule has 8 aromatic rings. The Bertz CT molecular complexity index is 3160. The zero-order valence-corrected chi connectivity index (χ0v) is 59.5. The molecule has 0 atom stereocenters. The molecule has 0 bridgehead atoms. The molecule has 0 saturated heterocycles. The summed E-state index contributed by atoms with van der Waals surface area (Å²) in [7, 11) is 0. The average Bonchev–Trinajstić information content (AvgIpc) is 0.971. The zero-order chi connectivity index (χ0) is 66.0. The lowest BCUT2D eigenvalue weighted by molar-refractivity contribution is 0.156. The second-order valence-corrected chi connectivity index (χ2v) is 29.6. The molecule has 500 valence electrons. The average molecular weight is 1260 g/mol. The van der Waals surface area contributed by atoms with Gasteiger partial charge in [-0.2, -0.15) is 0 Å². The molecule has 4 saturated carbocycles.